The average Bonchev–Trinajstić information content (AvgIpc) is 3.58. The molecule has 2 aliphatic rings. The molecule has 2 saturated heterocycles. The molecular weight excluding hydrogens is 434 g/mol. The Morgan fingerprint density at radius 3 is 2.45 bits per heavy atom. The predicted octanol–water partition coefficient (Wildman–Crippen LogP) is 4.19. The summed E-state index contributed by atoms with van der Waals surface area (Å²) in [6, 6.07) is 17.6. The zero-order valence-electron chi connectivity index (χ0n) is 18.4. The Balaban J connectivity index is 1.47. The molecule has 33 heavy (non-hydrogen) atoms. The van der Waals surface area contributed by atoms with Gasteiger partial charge in [0.1, 0.15) is 5.01 Å². The Kier molecular flexibility index (Phi) is 5.58. The number of amides is 3. The second kappa shape index (κ2) is 8.56. The molecule has 3 amide bonds. The number of carbonyl (C=O) groups excluding carboxylic acids is 3. The fraction of sp³-hybridized carbons (Fsp3) is 0.308. The van der Waals surface area contributed by atoms with Crippen molar-refractivity contribution in [2.24, 2.45) is 0 Å². The van der Waals surface area contributed by atoms with E-state index in [9.17, 15) is 14.4 Å². The van der Waals surface area contributed by atoms with Crippen LogP contribution in [0.4, 0.5) is 0 Å². The summed E-state index contributed by atoms with van der Waals surface area (Å²) in [5.41, 5.74) is 1.63. The van der Waals surface area contributed by atoms with E-state index in [2.05, 4.69) is 4.98 Å². The van der Waals surface area contributed by atoms with Crippen LogP contribution in [0.3, 0.4) is 0 Å². The second-order valence-electron chi connectivity index (χ2n) is 8.75. The highest BCUT2D eigenvalue weighted by Gasteiger charge is 2.53. The standard InChI is InChI=1S/C26H25N3O3S/c1-28-22(30)16-26(25(28)32,20-11-9-19(10-12-20)18-6-3-2-4-7-18)17-23(31)29-14-5-8-21(29)24-27-13-15-33-24/h2-4,6-7,9-13,15,21H,5,8,14,16-17H2,1H3. The van der Waals surface area contributed by atoms with Crippen LogP contribution in [0, 0.1) is 0 Å². The molecule has 0 saturated carbocycles. The summed E-state index contributed by atoms with van der Waals surface area (Å²) >= 11 is 1.55. The molecule has 7 heteroatoms. The monoisotopic (exact) mass is 459 g/mol. The third kappa shape index (κ3) is 3.76. The van der Waals surface area contributed by atoms with Crippen molar-refractivity contribution in [3.63, 3.8) is 0 Å². The number of nitrogens with zero attached hydrogens (tertiary/aromatic N) is 3. The van der Waals surface area contributed by atoms with Crippen LogP contribution in [0.2, 0.25) is 0 Å². The van der Waals surface area contributed by atoms with Gasteiger partial charge in [0, 0.05) is 38.0 Å². The van der Waals surface area contributed by atoms with Gasteiger partial charge in [-0.05, 0) is 29.5 Å². The SMILES string of the molecule is CN1C(=O)CC(CC(=O)N2CCCC2c2nccs2)(c2ccc(-c3ccccc3)cc2)C1=O. The van der Waals surface area contributed by atoms with Crippen molar-refractivity contribution in [1.82, 2.24) is 14.8 Å². The van der Waals surface area contributed by atoms with Gasteiger partial charge in [0.25, 0.3) is 0 Å². The Morgan fingerprint density at radius 2 is 1.82 bits per heavy atom. The summed E-state index contributed by atoms with van der Waals surface area (Å²) in [6.45, 7) is 0.643. The summed E-state index contributed by atoms with van der Waals surface area (Å²) in [5, 5.41) is 2.84. The average molecular weight is 460 g/mol. The van der Waals surface area contributed by atoms with Crippen molar-refractivity contribution in [3.8, 4) is 11.1 Å². The maximum atomic E-state index is 13.6. The van der Waals surface area contributed by atoms with Crippen LogP contribution in [0.15, 0.2) is 66.2 Å². The van der Waals surface area contributed by atoms with Crippen LogP contribution < -0.4 is 0 Å². The van der Waals surface area contributed by atoms with Gasteiger partial charge in [-0.15, -0.1) is 11.3 Å². The lowest BCUT2D eigenvalue weighted by Crippen LogP contribution is -2.42. The van der Waals surface area contributed by atoms with Crippen LogP contribution in [0.5, 0.6) is 0 Å². The number of likely N-dealkylation sites (tertiary alicyclic amines) is 2. The molecule has 2 aliphatic heterocycles. The Labute approximate surface area is 196 Å². The van der Waals surface area contributed by atoms with Gasteiger partial charge in [-0.3, -0.25) is 19.3 Å². The van der Waals surface area contributed by atoms with E-state index >= 15 is 0 Å². The molecule has 5 rings (SSSR count). The number of carbonyl (C=O) groups is 3. The topological polar surface area (TPSA) is 70.6 Å². The number of benzene rings is 2. The molecule has 0 bridgehead atoms. The highest BCUT2D eigenvalue weighted by atomic mass is 32.1. The van der Waals surface area contributed by atoms with E-state index in [1.54, 1.807) is 17.5 Å². The first-order chi connectivity index (χ1) is 16.0. The highest BCUT2D eigenvalue weighted by Crippen LogP contribution is 2.42. The smallest absolute Gasteiger partial charge is 0.240 e. The van der Waals surface area contributed by atoms with Crippen LogP contribution >= 0.6 is 11.3 Å². The molecule has 0 N–H and O–H groups in total. The molecular formula is C26H25N3O3S. The van der Waals surface area contributed by atoms with Gasteiger partial charge in [0.15, 0.2) is 0 Å². The minimum Gasteiger partial charge on any atom is -0.333 e. The Hall–Kier alpha value is -3.32. The number of rotatable bonds is 5. The zero-order valence-corrected chi connectivity index (χ0v) is 19.3. The highest BCUT2D eigenvalue weighted by molar-refractivity contribution is 7.09. The molecule has 2 unspecified atom stereocenters. The molecule has 2 atom stereocenters. The maximum Gasteiger partial charge on any atom is 0.240 e. The summed E-state index contributed by atoms with van der Waals surface area (Å²) in [7, 11) is 1.50. The molecule has 2 fully saturated rings. The maximum absolute atomic E-state index is 13.6. The first-order valence-electron chi connectivity index (χ1n) is 11.2. The molecule has 168 valence electrons. The molecule has 1 aromatic heterocycles. The van der Waals surface area contributed by atoms with Gasteiger partial charge in [-0.1, -0.05) is 54.6 Å². The predicted molar refractivity (Wildman–Crippen MR) is 126 cm³/mol. The van der Waals surface area contributed by atoms with E-state index in [1.807, 2.05) is 64.9 Å². The number of hydrogen-bond acceptors (Lipinski definition) is 5. The number of hydrogen-bond donors (Lipinski definition) is 0. The minimum absolute atomic E-state index is 0.00845. The van der Waals surface area contributed by atoms with Crippen LogP contribution in [0.25, 0.3) is 11.1 Å². The third-order valence-electron chi connectivity index (χ3n) is 6.85. The van der Waals surface area contributed by atoms with E-state index < -0.39 is 5.41 Å². The summed E-state index contributed by atoms with van der Waals surface area (Å²) in [4.78, 5) is 46.9. The quantitative estimate of drug-likeness (QED) is 0.537. The van der Waals surface area contributed by atoms with Gasteiger partial charge in [-0.2, -0.15) is 0 Å². The van der Waals surface area contributed by atoms with Crippen molar-refractivity contribution in [2.75, 3.05) is 13.6 Å². The lowest BCUT2D eigenvalue weighted by Gasteiger charge is -2.30. The largest absolute Gasteiger partial charge is 0.333 e. The number of likely N-dealkylation sites (N-methyl/N-ethyl adjacent to an activating group) is 1. The molecule has 0 aliphatic carbocycles. The van der Waals surface area contributed by atoms with Crippen molar-refractivity contribution in [3.05, 3.63) is 76.7 Å². The molecule has 3 aromatic rings. The van der Waals surface area contributed by atoms with Crippen molar-refractivity contribution >= 4 is 29.1 Å². The van der Waals surface area contributed by atoms with E-state index in [0.29, 0.717) is 12.1 Å². The van der Waals surface area contributed by atoms with E-state index in [1.165, 1.54) is 11.9 Å². The number of thiazole rings is 1. The molecule has 2 aromatic carbocycles. The summed E-state index contributed by atoms with van der Waals surface area (Å²) in [6.07, 6.45) is 3.51. The number of imide groups is 1. The van der Waals surface area contributed by atoms with Gasteiger partial charge in [-0.25, -0.2) is 4.98 Å². The zero-order chi connectivity index (χ0) is 23.0. The van der Waals surface area contributed by atoms with E-state index in [-0.39, 0.29) is 36.6 Å². The normalized spacial score (nSPS) is 22.9. The minimum atomic E-state index is -1.17. The molecule has 0 spiro atoms. The summed E-state index contributed by atoms with van der Waals surface area (Å²) in [5.74, 6) is -0.660. The van der Waals surface area contributed by atoms with Crippen LogP contribution in [-0.2, 0) is 19.8 Å². The van der Waals surface area contributed by atoms with Gasteiger partial charge in [0.05, 0.1) is 11.5 Å². The van der Waals surface area contributed by atoms with Gasteiger partial charge in [0.2, 0.25) is 17.7 Å². The fourth-order valence-electron chi connectivity index (χ4n) is 5.05. The fourth-order valence-corrected chi connectivity index (χ4v) is 5.83. The van der Waals surface area contributed by atoms with Gasteiger partial charge >= 0.3 is 0 Å². The molecule has 3 heterocycles. The third-order valence-corrected chi connectivity index (χ3v) is 7.73. The van der Waals surface area contributed by atoms with Crippen molar-refractivity contribution in [2.45, 2.75) is 37.1 Å². The second-order valence-corrected chi connectivity index (χ2v) is 9.68. The molecule has 0 radical (unpaired) electrons. The van der Waals surface area contributed by atoms with Crippen molar-refractivity contribution < 1.29 is 14.4 Å². The lowest BCUT2D eigenvalue weighted by molar-refractivity contribution is -0.141. The van der Waals surface area contributed by atoms with Crippen LogP contribution in [0.1, 0.15) is 42.3 Å². The first-order valence-corrected chi connectivity index (χ1v) is 12.0. The molecule has 6 nitrogen and oxygen atoms in total. The van der Waals surface area contributed by atoms with E-state index in [4.69, 9.17) is 0 Å². The Morgan fingerprint density at radius 1 is 1.09 bits per heavy atom. The summed E-state index contributed by atoms with van der Waals surface area (Å²) < 4.78 is 0. The van der Waals surface area contributed by atoms with E-state index in [0.717, 1.165) is 29.0 Å². The Bertz CT molecular complexity index is 1180. The lowest BCUT2D eigenvalue weighted by atomic mass is 9.75. The van der Waals surface area contributed by atoms with Crippen molar-refractivity contribution in [1.29, 1.82) is 0 Å². The van der Waals surface area contributed by atoms with Gasteiger partial charge < -0.3 is 4.90 Å². The number of aromatic nitrogens is 1. The first kappa shape index (κ1) is 21.5. The van der Waals surface area contributed by atoms with Crippen LogP contribution in [-0.4, -0.2) is 46.1 Å².